The van der Waals surface area contributed by atoms with Crippen molar-refractivity contribution in [1.82, 2.24) is 10.2 Å². The van der Waals surface area contributed by atoms with Gasteiger partial charge in [-0.1, -0.05) is 20.8 Å². The maximum atomic E-state index is 5.81. The molecule has 0 bridgehead atoms. The molecule has 1 heterocycles. The molecule has 1 aliphatic rings. The summed E-state index contributed by atoms with van der Waals surface area (Å²) in [5.74, 6) is 0. The van der Waals surface area contributed by atoms with Gasteiger partial charge in [-0.3, -0.25) is 4.90 Å². The number of nitrogens with zero attached hydrogens (tertiary/aromatic N) is 1. The van der Waals surface area contributed by atoms with Crippen molar-refractivity contribution in [2.24, 2.45) is 0 Å². The van der Waals surface area contributed by atoms with Crippen molar-refractivity contribution >= 4 is 0 Å². The number of likely N-dealkylation sites (N-methyl/N-ethyl adjacent to an activating group) is 1. The summed E-state index contributed by atoms with van der Waals surface area (Å²) in [7, 11) is 0. The highest BCUT2D eigenvalue weighted by atomic mass is 16.5. The number of morpholine rings is 1. The second-order valence-electron chi connectivity index (χ2n) is 3.81. The first-order valence-electron chi connectivity index (χ1n) is 5.89. The molecule has 0 spiro atoms. The predicted octanol–water partition coefficient (Wildman–Crippen LogP) is 1.10. The number of ether oxygens (including phenoxy) is 1. The Labute approximate surface area is 87.8 Å². The quantitative estimate of drug-likeness (QED) is 0.719. The Bertz CT molecular complexity index is 142. The number of nitrogens with one attached hydrogen (secondary N) is 1. The smallest absolute Gasteiger partial charge is 0.0854 e. The van der Waals surface area contributed by atoms with Gasteiger partial charge < -0.3 is 10.1 Å². The molecular formula is C11H24N2O. The zero-order chi connectivity index (χ0) is 10.4. The lowest BCUT2D eigenvalue weighted by Gasteiger charge is -2.37. The molecule has 0 saturated carbocycles. The molecule has 1 aliphatic heterocycles. The van der Waals surface area contributed by atoms with Gasteiger partial charge in [0.2, 0.25) is 0 Å². The molecule has 2 atom stereocenters. The van der Waals surface area contributed by atoms with E-state index < -0.39 is 0 Å². The van der Waals surface area contributed by atoms with Crippen molar-refractivity contribution in [1.29, 1.82) is 0 Å². The summed E-state index contributed by atoms with van der Waals surface area (Å²) in [6, 6.07) is 0.581. The lowest BCUT2D eigenvalue weighted by molar-refractivity contribution is -0.0306. The molecule has 1 N–H and O–H groups in total. The van der Waals surface area contributed by atoms with Crippen LogP contribution in [0.2, 0.25) is 0 Å². The van der Waals surface area contributed by atoms with E-state index in [9.17, 15) is 0 Å². The molecule has 84 valence electrons. The predicted molar refractivity (Wildman–Crippen MR) is 59.6 cm³/mol. The van der Waals surface area contributed by atoms with Gasteiger partial charge in [0, 0.05) is 19.1 Å². The van der Waals surface area contributed by atoms with Crippen molar-refractivity contribution in [3.05, 3.63) is 0 Å². The van der Waals surface area contributed by atoms with Crippen LogP contribution in [0.1, 0.15) is 27.2 Å². The normalized spacial score (nSPS) is 25.3. The number of hydrogen-bond acceptors (Lipinski definition) is 3. The monoisotopic (exact) mass is 200 g/mol. The Kier molecular flexibility index (Phi) is 5.45. The molecule has 14 heavy (non-hydrogen) atoms. The van der Waals surface area contributed by atoms with Gasteiger partial charge in [0.15, 0.2) is 0 Å². The zero-order valence-corrected chi connectivity index (χ0v) is 9.75. The molecule has 0 aromatic carbocycles. The second-order valence-corrected chi connectivity index (χ2v) is 3.81. The van der Waals surface area contributed by atoms with Crippen molar-refractivity contribution in [2.45, 2.75) is 39.3 Å². The minimum Gasteiger partial charge on any atom is -0.374 e. The summed E-state index contributed by atoms with van der Waals surface area (Å²) < 4.78 is 5.81. The molecule has 0 radical (unpaired) electrons. The topological polar surface area (TPSA) is 24.5 Å². The average molecular weight is 200 g/mol. The van der Waals surface area contributed by atoms with Crippen molar-refractivity contribution < 1.29 is 4.74 Å². The van der Waals surface area contributed by atoms with Crippen LogP contribution in [0.3, 0.4) is 0 Å². The molecule has 0 aliphatic carbocycles. The lowest BCUT2D eigenvalue weighted by Crippen LogP contribution is -2.52. The average Bonchev–Trinajstić information content (AvgIpc) is 2.27. The molecule has 2 unspecified atom stereocenters. The number of hydrogen-bond donors (Lipinski definition) is 1. The van der Waals surface area contributed by atoms with E-state index in [0.29, 0.717) is 12.1 Å². The van der Waals surface area contributed by atoms with E-state index >= 15 is 0 Å². The Hall–Kier alpha value is -0.120. The Morgan fingerprint density at radius 1 is 1.36 bits per heavy atom. The summed E-state index contributed by atoms with van der Waals surface area (Å²) in [6.07, 6.45) is 1.56. The second kappa shape index (κ2) is 6.38. The van der Waals surface area contributed by atoms with Gasteiger partial charge in [0.05, 0.1) is 12.7 Å². The molecular weight excluding hydrogens is 176 g/mol. The molecule has 1 rings (SSSR count). The minimum absolute atomic E-state index is 0.383. The highest BCUT2D eigenvalue weighted by molar-refractivity contribution is 4.82. The Morgan fingerprint density at radius 3 is 2.50 bits per heavy atom. The van der Waals surface area contributed by atoms with Crippen LogP contribution in [-0.4, -0.2) is 49.8 Å². The maximum absolute atomic E-state index is 5.81. The summed E-state index contributed by atoms with van der Waals surface area (Å²) >= 11 is 0. The fraction of sp³-hybridized carbons (Fsp3) is 1.00. The van der Waals surface area contributed by atoms with E-state index in [1.54, 1.807) is 0 Å². The molecule has 1 fully saturated rings. The largest absolute Gasteiger partial charge is 0.374 e. The van der Waals surface area contributed by atoms with Crippen molar-refractivity contribution in [3.8, 4) is 0 Å². The van der Waals surface area contributed by atoms with E-state index in [1.807, 2.05) is 0 Å². The van der Waals surface area contributed by atoms with Gasteiger partial charge in [-0.25, -0.2) is 0 Å². The standard InChI is InChI=1S/C11H24N2O/c1-4-10(13(5-2)6-3)11-9-12-7-8-14-11/h10-12H,4-9H2,1-3H3. The van der Waals surface area contributed by atoms with Crippen LogP contribution in [0.4, 0.5) is 0 Å². The highest BCUT2D eigenvalue weighted by Gasteiger charge is 2.26. The van der Waals surface area contributed by atoms with Crippen LogP contribution in [0.15, 0.2) is 0 Å². The van der Waals surface area contributed by atoms with Crippen LogP contribution in [0.25, 0.3) is 0 Å². The van der Waals surface area contributed by atoms with Crippen LogP contribution in [0, 0.1) is 0 Å². The van der Waals surface area contributed by atoms with E-state index in [4.69, 9.17) is 4.74 Å². The van der Waals surface area contributed by atoms with Gasteiger partial charge in [-0.05, 0) is 19.5 Å². The summed E-state index contributed by atoms with van der Waals surface area (Å²) in [5.41, 5.74) is 0. The number of rotatable bonds is 5. The van der Waals surface area contributed by atoms with E-state index in [-0.39, 0.29) is 0 Å². The first-order valence-corrected chi connectivity index (χ1v) is 5.89. The fourth-order valence-corrected chi connectivity index (χ4v) is 2.28. The van der Waals surface area contributed by atoms with E-state index in [0.717, 1.165) is 32.8 Å². The lowest BCUT2D eigenvalue weighted by atomic mass is 10.1. The third kappa shape index (κ3) is 2.94. The Morgan fingerprint density at radius 2 is 2.07 bits per heavy atom. The maximum Gasteiger partial charge on any atom is 0.0854 e. The minimum atomic E-state index is 0.383. The summed E-state index contributed by atoms with van der Waals surface area (Å²) in [5, 5.41) is 3.40. The van der Waals surface area contributed by atoms with Gasteiger partial charge >= 0.3 is 0 Å². The molecule has 3 heteroatoms. The zero-order valence-electron chi connectivity index (χ0n) is 9.75. The van der Waals surface area contributed by atoms with Gasteiger partial charge in [-0.2, -0.15) is 0 Å². The first-order chi connectivity index (χ1) is 6.83. The molecule has 0 aromatic rings. The Balaban J connectivity index is 2.49. The molecule has 0 amide bonds. The summed E-state index contributed by atoms with van der Waals surface area (Å²) in [6.45, 7) is 11.8. The van der Waals surface area contributed by atoms with Crippen LogP contribution < -0.4 is 5.32 Å². The highest BCUT2D eigenvalue weighted by Crippen LogP contribution is 2.13. The van der Waals surface area contributed by atoms with Gasteiger partial charge in [-0.15, -0.1) is 0 Å². The third-order valence-electron chi connectivity index (χ3n) is 3.09. The molecule has 0 aromatic heterocycles. The van der Waals surface area contributed by atoms with Gasteiger partial charge in [0.25, 0.3) is 0 Å². The SMILES string of the molecule is CCC(C1CNCCO1)N(CC)CC. The van der Waals surface area contributed by atoms with E-state index in [2.05, 4.69) is 31.0 Å². The van der Waals surface area contributed by atoms with Crippen LogP contribution >= 0.6 is 0 Å². The molecule has 1 saturated heterocycles. The first kappa shape index (κ1) is 12.0. The third-order valence-corrected chi connectivity index (χ3v) is 3.09. The van der Waals surface area contributed by atoms with Crippen LogP contribution in [-0.2, 0) is 4.74 Å². The summed E-state index contributed by atoms with van der Waals surface area (Å²) in [4.78, 5) is 2.50. The fourth-order valence-electron chi connectivity index (χ4n) is 2.28. The van der Waals surface area contributed by atoms with Crippen molar-refractivity contribution in [3.63, 3.8) is 0 Å². The van der Waals surface area contributed by atoms with Gasteiger partial charge in [0.1, 0.15) is 0 Å². The van der Waals surface area contributed by atoms with Crippen LogP contribution in [0.5, 0.6) is 0 Å². The molecule has 3 nitrogen and oxygen atoms in total. The van der Waals surface area contributed by atoms with Crippen molar-refractivity contribution in [2.75, 3.05) is 32.8 Å². The van der Waals surface area contributed by atoms with E-state index in [1.165, 1.54) is 6.42 Å².